The fourth-order valence-electron chi connectivity index (χ4n) is 0.939. The number of rotatable bonds is 4. The Labute approximate surface area is 94.0 Å². The number of aromatic nitrogens is 2. The summed E-state index contributed by atoms with van der Waals surface area (Å²) in [6, 6.07) is 3.11. The van der Waals surface area contributed by atoms with Crippen LogP contribution in [0.1, 0.15) is 30.8 Å². The minimum absolute atomic E-state index is 0.209. The zero-order valence-electron chi connectivity index (χ0n) is 8.83. The van der Waals surface area contributed by atoms with Crippen molar-refractivity contribution in [2.24, 2.45) is 5.92 Å². The molecular formula is C10H14ClN3O. The largest absolute Gasteiger partial charge is 0.350 e. The van der Waals surface area contributed by atoms with Crippen LogP contribution in [-0.2, 0) is 0 Å². The minimum atomic E-state index is -0.209. The molecule has 0 saturated carbocycles. The Morgan fingerprint density at radius 1 is 1.53 bits per heavy atom. The summed E-state index contributed by atoms with van der Waals surface area (Å²) in [6.45, 7) is 4.81. The Morgan fingerprint density at radius 3 is 2.80 bits per heavy atom. The number of halogens is 1. The van der Waals surface area contributed by atoms with Gasteiger partial charge in [0.15, 0.2) is 10.8 Å². The van der Waals surface area contributed by atoms with Crippen LogP contribution in [-0.4, -0.2) is 22.6 Å². The van der Waals surface area contributed by atoms with Crippen LogP contribution in [0.15, 0.2) is 12.1 Å². The maximum Gasteiger partial charge on any atom is 0.271 e. The number of hydrogen-bond acceptors (Lipinski definition) is 3. The second-order valence-corrected chi connectivity index (χ2v) is 3.85. The fraction of sp³-hybridized carbons (Fsp3) is 0.500. The molecule has 1 unspecified atom stereocenters. The Bertz CT molecular complexity index is 326. The molecule has 82 valence electrons. The monoisotopic (exact) mass is 227 g/mol. The molecule has 1 aromatic rings. The van der Waals surface area contributed by atoms with Crippen molar-refractivity contribution >= 4 is 17.5 Å². The second kappa shape index (κ2) is 5.66. The summed E-state index contributed by atoms with van der Waals surface area (Å²) in [6.07, 6.45) is 1.03. The van der Waals surface area contributed by atoms with E-state index in [2.05, 4.69) is 29.4 Å². The summed E-state index contributed by atoms with van der Waals surface area (Å²) in [5.41, 5.74) is 0.294. The van der Waals surface area contributed by atoms with Crippen LogP contribution >= 0.6 is 11.6 Å². The molecule has 1 N–H and O–H groups in total. The molecule has 0 radical (unpaired) electrons. The third-order valence-electron chi connectivity index (χ3n) is 2.17. The van der Waals surface area contributed by atoms with Gasteiger partial charge in [-0.3, -0.25) is 4.79 Å². The van der Waals surface area contributed by atoms with Crippen LogP contribution in [0.3, 0.4) is 0 Å². The molecule has 0 bridgehead atoms. The molecule has 1 heterocycles. The summed E-state index contributed by atoms with van der Waals surface area (Å²) in [5.74, 6) is 0.258. The molecule has 5 heteroatoms. The average Bonchev–Trinajstić information content (AvgIpc) is 2.26. The number of nitrogens with zero attached hydrogens (tertiary/aromatic N) is 2. The minimum Gasteiger partial charge on any atom is -0.350 e. The third kappa shape index (κ3) is 3.83. The fourth-order valence-corrected chi connectivity index (χ4v) is 1.04. The highest BCUT2D eigenvalue weighted by Crippen LogP contribution is 2.03. The van der Waals surface area contributed by atoms with E-state index in [9.17, 15) is 4.79 Å². The van der Waals surface area contributed by atoms with Gasteiger partial charge in [0.25, 0.3) is 5.91 Å². The topological polar surface area (TPSA) is 54.9 Å². The number of carbonyl (C=O) groups is 1. The van der Waals surface area contributed by atoms with Gasteiger partial charge in [-0.25, -0.2) is 0 Å². The SMILES string of the molecule is CCC(C)CNC(=O)c1ccc(Cl)nn1. The highest BCUT2D eigenvalue weighted by atomic mass is 35.5. The molecule has 0 saturated heterocycles. The van der Waals surface area contributed by atoms with Gasteiger partial charge in [-0.2, -0.15) is 0 Å². The first-order chi connectivity index (χ1) is 7.13. The van der Waals surface area contributed by atoms with Crippen LogP contribution in [0.25, 0.3) is 0 Å². The number of hydrogen-bond donors (Lipinski definition) is 1. The predicted octanol–water partition coefficient (Wildman–Crippen LogP) is 1.91. The lowest BCUT2D eigenvalue weighted by atomic mass is 10.1. The standard InChI is InChI=1S/C10H14ClN3O/c1-3-7(2)6-12-10(15)8-4-5-9(11)14-13-8/h4-5,7H,3,6H2,1-2H3,(H,12,15). The molecule has 0 aliphatic heterocycles. The van der Waals surface area contributed by atoms with Gasteiger partial charge in [0.2, 0.25) is 0 Å². The van der Waals surface area contributed by atoms with E-state index in [0.717, 1.165) is 6.42 Å². The number of nitrogens with one attached hydrogen (secondary N) is 1. The Balaban J connectivity index is 2.50. The first-order valence-electron chi connectivity index (χ1n) is 4.91. The second-order valence-electron chi connectivity index (χ2n) is 3.46. The lowest BCUT2D eigenvalue weighted by Crippen LogP contribution is -2.28. The molecule has 0 aliphatic rings. The summed E-state index contributed by atoms with van der Waals surface area (Å²) in [5, 5.41) is 10.4. The molecule has 1 rings (SSSR count). The Kier molecular flexibility index (Phi) is 4.49. The van der Waals surface area contributed by atoms with Crippen molar-refractivity contribution in [3.8, 4) is 0 Å². The van der Waals surface area contributed by atoms with Crippen LogP contribution in [0.5, 0.6) is 0 Å². The summed E-state index contributed by atoms with van der Waals surface area (Å²) in [7, 11) is 0. The first kappa shape index (κ1) is 11.9. The molecule has 0 spiro atoms. The van der Waals surface area contributed by atoms with Crippen LogP contribution in [0.4, 0.5) is 0 Å². The van der Waals surface area contributed by atoms with Crippen molar-refractivity contribution in [2.45, 2.75) is 20.3 Å². The molecule has 4 nitrogen and oxygen atoms in total. The van der Waals surface area contributed by atoms with Gasteiger partial charge >= 0.3 is 0 Å². The zero-order valence-corrected chi connectivity index (χ0v) is 9.58. The van der Waals surface area contributed by atoms with Crippen molar-refractivity contribution in [1.29, 1.82) is 0 Å². The van der Waals surface area contributed by atoms with Crippen LogP contribution in [0, 0.1) is 5.92 Å². The van der Waals surface area contributed by atoms with Crippen molar-refractivity contribution in [3.63, 3.8) is 0 Å². The van der Waals surface area contributed by atoms with Gasteiger partial charge in [0.1, 0.15) is 0 Å². The molecule has 1 atom stereocenters. The summed E-state index contributed by atoms with van der Waals surface area (Å²) in [4.78, 5) is 11.5. The van der Waals surface area contributed by atoms with Gasteiger partial charge in [0, 0.05) is 6.54 Å². The molecule has 0 aromatic carbocycles. The van der Waals surface area contributed by atoms with E-state index in [1.807, 2.05) is 0 Å². The predicted molar refractivity (Wildman–Crippen MR) is 58.8 cm³/mol. The van der Waals surface area contributed by atoms with Crippen molar-refractivity contribution < 1.29 is 4.79 Å². The average molecular weight is 228 g/mol. The molecule has 0 aliphatic carbocycles. The molecule has 1 aromatic heterocycles. The van der Waals surface area contributed by atoms with Crippen molar-refractivity contribution in [3.05, 3.63) is 23.0 Å². The van der Waals surface area contributed by atoms with E-state index >= 15 is 0 Å². The molecule has 1 amide bonds. The lowest BCUT2D eigenvalue weighted by molar-refractivity contribution is 0.0942. The van der Waals surface area contributed by atoms with E-state index in [4.69, 9.17) is 11.6 Å². The van der Waals surface area contributed by atoms with Gasteiger partial charge < -0.3 is 5.32 Å². The highest BCUT2D eigenvalue weighted by molar-refractivity contribution is 6.29. The summed E-state index contributed by atoms with van der Waals surface area (Å²) >= 11 is 5.56. The van der Waals surface area contributed by atoms with E-state index in [-0.39, 0.29) is 11.1 Å². The van der Waals surface area contributed by atoms with E-state index < -0.39 is 0 Å². The number of amides is 1. The Hall–Kier alpha value is -1.16. The van der Waals surface area contributed by atoms with Gasteiger partial charge in [-0.05, 0) is 18.1 Å². The van der Waals surface area contributed by atoms with E-state index in [0.29, 0.717) is 18.2 Å². The maximum atomic E-state index is 11.5. The first-order valence-corrected chi connectivity index (χ1v) is 5.28. The molecule has 0 fully saturated rings. The molecular weight excluding hydrogens is 214 g/mol. The smallest absolute Gasteiger partial charge is 0.271 e. The normalized spacial score (nSPS) is 12.2. The van der Waals surface area contributed by atoms with Crippen LogP contribution < -0.4 is 5.32 Å². The van der Waals surface area contributed by atoms with E-state index in [1.165, 1.54) is 0 Å². The van der Waals surface area contributed by atoms with Gasteiger partial charge in [0.05, 0.1) is 0 Å². The van der Waals surface area contributed by atoms with Gasteiger partial charge in [-0.1, -0.05) is 31.9 Å². The van der Waals surface area contributed by atoms with Crippen molar-refractivity contribution in [2.75, 3.05) is 6.54 Å². The van der Waals surface area contributed by atoms with Crippen molar-refractivity contribution in [1.82, 2.24) is 15.5 Å². The summed E-state index contributed by atoms with van der Waals surface area (Å²) < 4.78 is 0. The highest BCUT2D eigenvalue weighted by Gasteiger charge is 2.08. The van der Waals surface area contributed by atoms with Gasteiger partial charge in [-0.15, -0.1) is 10.2 Å². The van der Waals surface area contributed by atoms with Crippen LogP contribution in [0.2, 0.25) is 5.15 Å². The van der Waals surface area contributed by atoms with E-state index in [1.54, 1.807) is 12.1 Å². The zero-order chi connectivity index (χ0) is 11.3. The Morgan fingerprint density at radius 2 is 2.27 bits per heavy atom. The lowest BCUT2D eigenvalue weighted by Gasteiger charge is -2.09. The third-order valence-corrected chi connectivity index (χ3v) is 2.37. The molecule has 15 heavy (non-hydrogen) atoms. The number of carbonyl (C=O) groups excluding carboxylic acids is 1. The maximum absolute atomic E-state index is 11.5. The quantitative estimate of drug-likeness (QED) is 0.855.